The van der Waals surface area contributed by atoms with Crippen LogP contribution in [0.2, 0.25) is 0 Å². The predicted molar refractivity (Wildman–Crippen MR) is 222 cm³/mol. The smallest absolute Gasteiger partial charge is 0.306 e. The lowest BCUT2D eigenvalue weighted by Crippen LogP contribution is -2.45. The van der Waals surface area contributed by atoms with Gasteiger partial charge in [0.25, 0.3) is 7.82 Å². The molecule has 0 aromatic carbocycles. The number of esters is 1. The molecule has 1 N–H and O–H groups in total. The van der Waals surface area contributed by atoms with Gasteiger partial charge in [-0.1, -0.05) is 160 Å². The van der Waals surface area contributed by atoms with Gasteiger partial charge in [0, 0.05) is 12.8 Å². The molecule has 0 aromatic rings. The number of hydrogen-bond acceptors (Lipinski definition) is 8. The molecule has 2 unspecified atom stereocenters. The monoisotopic (exact) mass is 786 g/mol. The number of Topliss-reactive ketones (excluding diaryl/α,β-unsaturated/α-hetero) is 1. The van der Waals surface area contributed by atoms with Crippen LogP contribution < -0.4 is 4.89 Å². The summed E-state index contributed by atoms with van der Waals surface area (Å²) in [5.74, 6) is -0.772. The molecular formula is C44H84NO8P. The highest BCUT2D eigenvalue weighted by molar-refractivity contribution is 7.45. The molecule has 0 aromatic heterocycles. The van der Waals surface area contributed by atoms with Crippen molar-refractivity contribution >= 4 is 19.6 Å². The second-order valence-corrected chi connectivity index (χ2v) is 17.6. The van der Waals surface area contributed by atoms with E-state index in [1.54, 1.807) is 0 Å². The summed E-state index contributed by atoms with van der Waals surface area (Å²) in [6, 6.07) is 0. The average Bonchev–Trinajstić information content (AvgIpc) is 3.12. The number of aliphatic hydroxyl groups is 1. The van der Waals surface area contributed by atoms with Crippen molar-refractivity contribution in [1.29, 1.82) is 0 Å². The third-order valence-corrected chi connectivity index (χ3v) is 10.6. The number of phosphoric acid groups is 1. The van der Waals surface area contributed by atoms with Crippen molar-refractivity contribution in [3.8, 4) is 0 Å². The summed E-state index contributed by atoms with van der Waals surface area (Å²) in [7, 11) is 0.674. The lowest BCUT2D eigenvalue weighted by Gasteiger charge is -2.32. The molecule has 0 saturated carbocycles. The number of carbonyl (C=O) groups excluding carboxylic acids is 2. The molecule has 0 aliphatic rings. The molecule has 9 nitrogen and oxygen atoms in total. The van der Waals surface area contributed by atoms with E-state index in [0.29, 0.717) is 17.3 Å². The first kappa shape index (κ1) is 52.6. The van der Waals surface area contributed by atoms with Crippen LogP contribution in [-0.4, -0.2) is 74.5 Å². The molecular weight excluding hydrogens is 701 g/mol. The number of allylic oxidation sites excluding steroid dienone is 4. The standard InChI is InChI=1S/C44H84NO8P/c1-6-8-10-12-14-16-18-20-22-24-26-28-30-32-34-36-42(47)43(38-45(3,4)5)53-54(49,50)51-40-41(39-46)52-44(48)37-35-33-31-29-27-25-23-21-19-17-15-13-11-9-7-2/h15,17,21,23,41,43,46H,6-14,16,18-20,22,24-40H2,1-5H3/b17-15-,23-21-/t41-,43?/m1/s1. The number of aliphatic hydroxyl groups excluding tert-OH is 1. The maximum absolute atomic E-state index is 13.1. The van der Waals surface area contributed by atoms with E-state index in [2.05, 4.69) is 38.2 Å². The van der Waals surface area contributed by atoms with E-state index < -0.39 is 39.2 Å². The zero-order chi connectivity index (χ0) is 40.2. The summed E-state index contributed by atoms with van der Waals surface area (Å²) in [6.07, 6.45) is 37.3. The molecule has 318 valence electrons. The van der Waals surface area contributed by atoms with Gasteiger partial charge in [0.05, 0.1) is 34.4 Å². The predicted octanol–water partition coefficient (Wildman–Crippen LogP) is 11.1. The first-order valence-electron chi connectivity index (χ1n) is 22.0. The van der Waals surface area contributed by atoms with E-state index in [1.165, 1.54) is 96.3 Å². The van der Waals surface area contributed by atoms with Gasteiger partial charge < -0.3 is 28.3 Å². The lowest BCUT2D eigenvalue weighted by molar-refractivity contribution is -0.872. The van der Waals surface area contributed by atoms with Crippen LogP contribution in [0.15, 0.2) is 24.3 Å². The van der Waals surface area contributed by atoms with E-state index in [4.69, 9.17) is 13.8 Å². The van der Waals surface area contributed by atoms with Gasteiger partial charge in [-0.25, -0.2) is 0 Å². The van der Waals surface area contributed by atoms with Gasteiger partial charge in [-0.2, -0.15) is 0 Å². The third kappa shape index (κ3) is 36.3. The molecule has 0 saturated heterocycles. The number of likely N-dealkylation sites (N-methyl/N-ethyl adjacent to an activating group) is 1. The van der Waals surface area contributed by atoms with Gasteiger partial charge in [-0.15, -0.1) is 0 Å². The van der Waals surface area contributed by atoms with E-state index in [9.17, 15) is 24.2 Å². The number of rotatable bonds is 40. The molecule has 10 heteroatoms. The van der Waals surface area contributed by atoms with Crippen molar-refractivity contribution in [3.63, 3.8) is 0 Å². The normalized spacial score (nSPS) is 14.5. The molecule has 0 bridgehead atoms. The largest absolute Gasteiger partial charge is 0.756 e. The van der Waals surface area contributed by atoms with Crippen molar-refractivity contribution in [1.82, 2.24) is 0 Å². The fraction of sp³-hybridized carbons (Fsp3) is 0.864. The fourth-order valence-electron chi connectivity index (χ4n) is 6.33. The molecule has 0 amide bonds. The summed E-state index contributed by atoms with van der Waals surface area (Å²) in [4.78, 5) is 38.2. The van der Waals surface area contributed by atoms with Crippen molar-refractivity contribution in [2.75, 3.05) is 40.9 Å². The zero-order valence-corrected chi connectivity index (χ0v) is 36.5. The quantitative estimate of drug-likeness (QED) is 0.0214. The number of ether oxygens (including phenoxy) is 1. The Kier molecular flexibility index (Phi) is 35.1. The van der Waals surface area contributed by atoms with Crippen molar-refractivity contribution < 1.29 is 42.4 Å². The Bertz CT molecular complexity index is 996. The van der Waals surface area contributed by atoms with Crippen molar-refractivity contribution in [2.45, 2.75) is 206 Å². The highest BCUT2D eigenvalue weighted by atomic mass is 31.2. The summed E-state index contributed by atoms with van der Waals surface area (Å²) in [5, 5.41) is 9.71. The van der Waals surface area contributed by atoms with E-state index in [-0.39, 0.29) is 25.2 Å². The van der Waals surface area contributed by atoms with Crippen LogP contribution in [0.1, 0.15) is 194 Å². The molecule has 0 radical (unpaired) electrons. The molecule has 0 spiro atoms. The van der Waals surface area contributed by atoms with Gasteiger partial charge >= 0.3 is 5.97 Å². The second-order valence-electron chi connectivity index (χ2n) is 16.3. The number of unbranched alkanes of at least 4 members (excludes halogenated alkanes) is 22. The first-order valence-corrected chi connectivity index (χ1v) is 23.5. The first-order chi connectivity index (χ1) is 25.9. The van der Waals surface area contributed by atoms with Crippen molar-refractivity contribution in [3.05, 3.63) is 24.3 Å². The molecule has 0 fully saturated rings. The van der Waals surface area contributed by atoms with Gasteiger partial charge in [-0.3, -0.25) is 14.2 Å². The minimum Gasteiger partial charge on any atom is -0.756 e. The molecule has 0 heterocycles. The summed E-state index contributed by atoms with van der Waals surface area (Å²) in [6.45, 7) is 3.48. The van der Waals surface area contributed by atoms with Gasteiger partial charge in [0.2, 0.25) is 0 Å². The molecule has 0 aliphatic heterocycles. The summed E-state index contributed by atoms with van der Waals surface area (Å²) in [5.41, 5.74) is 0. The molecule has 0 aliphatic carbocycles. The molecule has 0 rings (SSSR count). The minimum atomic E-state index is -4.92. The molecule has 54 heavy (non-hydrogen) atoms. The molecule has 3 atom stereocenters. The highest BCUT2D eigenvalue weighted by Crippen LogP contribution is 2.41. The Balaban J connectivity index is 4.29. The Morgan fingerprint density at radius 3 is 1.56 bits per heavy atom. The Morgan fingerprint density at radius 1 is 0.648 bits per heavy atom. The topological polar surface area (TPSA) is 122 Å². The Labute approximate surface area is 332 Å². The van der Waals surface area contributed by atoms with Crippen LogP contribution in [-0.2, 0) is 27.9 Å². The Hall–Kier alpha value is -1.35. The average molecular weight is 786 g/mol. The number of ketones is 1. The van der Waals surface area contributed by atoms with Crippen LogP contribution in [0, 0.1) is 0 Å². The van der Waals surface area contributed by atoms with Crippen LogP contribution >= 0.6 is 7.82 Å². The summed E-state index contributed by atoms with van der Waals surface area (Å²) >= 11 is 0. The third-order valence-electron chi connectivity index (χ3n) is 9.61. The number of phosphoric ester groups is 1. The van der Waals surface area contributed by atoms with Gasteiger partial charge in [0.1, 0.15) is 12.6 Å². The second kappa shape index (κ2) is 36.0. The van der Waals surface area contributed by atoms with Crippen LogP contribution in [0.5, 0.6) is 0 Å². The SMILES string of the molecule is CCCCC/C=C\C/C=C\CCCCCCCC(=O)O[C@H](CO)COP(=O)([O-])OC(C[N+](C)(C)C)C(=O)CCCCCCCCCCCCCCCCC. The van der Waals surface area contributed by atoms with Crippen LogP contribution in [0.4, 0.5) is 0 Å². The van der Waals surface area contributed by atoms with E-state index in [0.717, 1.165) is 57.8 Å². The van der Waals surface area contributed by atoms with Crippen molar-refractivity contribution in [2.24, 2.45) is 0 Å². The zero-order valence-electron chi connectivity index (χ0n) is 35.6. The van der Waals surface area contributed by atoms with Crippen LogP contribution in [0.3, 0.4) is 0 Å². The Morgan fingerprint density at radius 2 is 1.07 bits per heavy atom. The van der Waals surface area contributed by atoms with E-state index in [1.807, 2.05) is 21.1 Å². The maximum atomic E-state index is 13.1. The number of carbonyl (C=O) groups is 2. The van der Waals surface area contributed by atoms with Crippen LogP contribution in [0.25, 0.3) is 0 Å². The number of hydrogen-bond donors (Lipinski definition) is 1. The van der Waals surface area contributed by atoms with Gasteiger partial charge in [0.15, 0.2) is 11.9 Å². The number of quaternary nitrogens is 1. The maximum Gasteiger partial charge on any atom is 0.306 e. The lowest BCUT2D eigenvalue weighted by atomic mass is 10.0. The number of nitrogens with zero attached hydrogens (tertiary/aromatic N) is 1. The highest BCUT2D eigenvalue weighted by Gasteiger charge is 2.30. The summed E-state index contributed by atoms with van der Waals surface area (Å²) < 4.78 is 28.7. The minimum absolute atomic E-state index is 0.166. The van der Waals surface area contributed by atoms with E-state index >= 15 is 0 Å². The fourth-order valence-corrected chi connectivity index (χ4v) is 7.24. The van der Waals surface area contributed by atoms with Gasteiger partial charge in [-0.05, 0) is 44.9 Å².